The van der Waals surface area contributed by atoms with Crippen molar-refractivity contribution in [3.05, 3.63) is 60.3 Å². The summed E-state index contributed by atoms with van der Waals surface area (Å²) in [6, 6.07) is 18.0. The first-order valence-corrected chi connectivity index (χ1v) is 13.3. The molecule has 1 aromatic heterocycles. The third-order valence-electron chi connectivity index (χ3n) is 6.40. The Hall–Kier alpha value is -2.75. The van der Waals surface area contributed by atoms with Gasteiger partial charge in [-0.15, -0.1) is 0 Å². The summed E-state index contributed by atoms with van der Waals surface area (Å²) in [5, 5.41) is 1.16. The van der Waals surface area contributed by atoms with E-state index in [9.17, 15) is 4.79 Å². The van der Waals surface area contributed by atoms with Crippen LogP contribution in [-0.2, 0) is 16.8 Å². The van der Waals surface area contributed by atoms with Gasteiger partial charge in [0.25, 0.3) is 0 Å². The average molecular weight is 478 g/mol. The summed E-state index contributed by atoms with van der Waals surface area (Å²) in [6.07, 6.45) is 10.3. The molecule has 4 nitrogen and oxygen atoms in total. The molecule has 4 heteroatoms. The zero-order chi connectivity index (χ0) is 25.1. The maximum absolute atomic E-state index is 12.8. The van der Waals surface area contributed by atoms with Crippen molar-refractivity contribution in [2.75, 3.05) is 13.2 Å². The van der Waals surface area contributed by atoms with E-state index in [1.807, 2.05) is 36.4 Å². The van der Waals surface area contributed by atoms with Crippen molar-refractivity contribution in [2.45, 2.75) is 91.0 Å². The lowest BCUT2D eigenvalue weighted by Crippen LogP contribution is -2.23. The van der Waals surface area contributed by atoms with Crippen molar-refractivity contribution in [1.29, 1.82) is 0 Å². The first-order chi connectivity index (χ1) is 16.9. The van der Waals surface area contributed by atoms with E-state index >= 15 is 0 Å². The molecule has 0 bridgehead atoms. The number of ether oxygens (including phenoxy) is 2. The van der Waals surface area contributed by atoms with Crippen molar-refractivity contribution >= 4 is 16.7 Å². The Morgan fingerprint density at radius 1 is 0.800 bits per heavy atom. The summed E-state index contributed by atoms with van der Waals surface area (Å²) in [5.41, 5.74) is 2.19. The van der Waals surface area contributed by atoms with E-state index in [0.29, 0.717) is 12.3 Å². The van der Waals surface area contributed by atoms with Gasteiger partial charge in [-0.3, -0.25) is 4.79 Å². The van der Waals surface area contributed by atoms with E-state index in [2.05, 4.69) is 50.5 Å². The second-order valence-corrected chi connectivity index (χ2v) is 10.5. The Balaban J connectivity index is 1.42. The minimum atomic E-state index is -0.0510. The molecular formula is C31H43NO3. The molecule has 0 aliphatic carbocycles. The molecule has 0 N–H and O–H groups in total. The molecule has 0 aliphatic heterocycles. The number of aromatic nitrogens is 1. The highest BCUT2D eigenvalue weighted by Gasteiger charge is 2.22. The van der Waals surface area contributed by atoms with Crippen LogP contribution in [-0.4, -0.2) is 23.6 Å². The van der Waals surface area contributed by atoms with E-state index in [1.165, 1.54) is 44.9 Å². The number of ketones is 1. The summed E-state index contributed by atoms with van der Waals surface area (Å²) in [4.78, 5) is 12.8. The Kier molecular flexibility index (Phi) is 10.3. The highest BCUT2D eigenvalue weighted by molar-refractivity contribution is 5.86. The molecule has 2 aromatic carbocycles. The van der Waals surface area contributed by atoms with Gasteiger partial charge in [0.2, 0.25) is 0 Å². The zero-order valence-electron chi connectivity index (χ0n) is 22.1. The normalized spacial score (nSPS) is 11.7. The molecule has 0 saturated carbocycles. The second-order valence-electron chi connectivity index (χ2n) is 10.5. The lowest BCUT2D eigenvalue weighted by molar-refractivity contribution is -0.121. The van der Waals surface area contributed by atoms with E-state index in [4.69, 9.17) is 9.47 Å². The third-order valence-corrected chi connectivity index (χ3v) is 6.40. The van der Waals surface area contributed by atoms with E-state index < -0.39 is 0 Å². The molecule has 0 atom stereocenters. The van der Waals surface area contributed by atoms with Crippen molar-refractivity contribution in [2.24, 2.45) is 0 Å². The number of carbonyl (C=O) groups excluding carboxylic acids is 1. The second kappa shape index (κ2) is 13.4. The number of benzene rings is 2. The number of hydrogen-bond donors (Lipinski definition) is 0. The number of nitrogens with zero attached hydrogens (tertiary/aromatic N) is 1. The van der Waals surface area contributed by atoms with Crippen molar-refractivity contribution in [3.63, 3.8) is 0 Å². The smallest absolute Gasteiger partial charge is 0.189 e. The van der Waals surface area contributed by atoms with Crippen molar-refractivity contribution in [1.82, 2.24) is 4.57 Å². The van der Waals surface area contributed by atoms with Crippen molar-refractivity contribution < 1.29 is 14.3 Å². The number of fused-ring (bicyclic) bond motifs is 1. The van der Waals surface area contributed by atoms with E-state index in [1.54, 1.807) is 0 Å². The molecule has 0 aliphatic rings. The molecule has 0 spiro atoms. The van der Waals surface area contributed by atoms with Gasteiger partial charge in [0.15, 0.2) is 5.78 Å². The number of hydrogen-bond acceptors (Lipinski definition) is 3. The van der Waals surface area contributed by atoms with Gasteiger partial charge in [0.1, 0.15) is 18.1 Å². The predicted molar refractivity (Wildman–Crippen MR) is 146 cm³/mol. The van der Waals surface area contributed by atoms with Gasteiger partial charge in [-0.25, -0.2) is 0 Å². The molecule has 3 aromatic rings. The molecule has 0 saturated heterocycles. The maximum Gasteiger partial charge on any atom is 0.189 e. The molecule has 3 rings (SSSR count). The van der Waals surface area contributed by atoms with Crippen LogP contribution in [0.15, 0.2) is 54.6 Å². The molecule has 0 fully saturated rings. The molecule has 0 radical (unpaired) electrons. The number of carbonyl (C=O) groups is 1. The van der Waals surface area contributed by atoms with Crippen molar-refractivity contribution in [3.8, 4) is 11.5 Å². The van der Waals surface area contributed by atoms with E-state index in [0.717, 1.165) is 35.4 Å². The Morgan fingerprint density at radius 3 is 2.06 bits per heavy atom. The van der Waals surface area contributed by atoms with Crippen LogP contribution in [0.3, 0.4) is 0 Å². The van der Waals surface area contributed by atoms with Gasteiger partial charge in [-0.05, 0) is 48.2 Å². The first-order valence-electron chi connectivity index (χ1n) is 13.3. The molecule has 35 heavy (non-hydrogen) atoms. The standard InChI is InChI=1S/C31H43NO3/c1-5-6-7-8-9-10-11-14-21-34-27-17-19-28(20-18-27)35-24-26(33)23-32-29-16-13-12-15-25(29)22-30(32)31(2,3)4/h12-13,15-20,22H,5-11,14,21,23-24H2,1-4H3. The summed E-state index contributed by atoms with van der Waals surface area (Å²) >= 11 is 0. The van der Waals surface area contributed by atoms with Crippen LogP contribution in [0.2, 0.25) is 0 Å². The lowest BCUT2D eigenvalue weighted by atomic mass is 9.92. The number of para-hydroxylation sites is 1. The minimum Gasteiger partial charge on any atom is -0.494 e. The first kappa shape index (κ1) is 26.8. The number of Topliss-reactive ketones (excluding diaryl/α,β-unsaturated/α-hetero) is 1. The van der Waals surface area contributed by atoms with Crippen LogP contribution in [0.4, 0.5) is 0 Å². The largest absolute Gasteiger partial charge is 0.494 e. The fourth-order valence-electron chi connectivity index (χ4n) is 4.45. The van der Waals surface area contributed by atoms with Gasteiger partial charge in [0.05, 0.1) is 13.2 Å². The van der Waals surface area contributed by atoms with Crippen LogP contribution in [0.25, 0.3) is 10.9 Å². The number of rotatable bonds is 15. The van der Waals surface area contributed by atoms with E-state index in [-0.39, 0.29) is 17.8 Å². The highest BCUT2D eigenvalue weighted by atomic mass is 16.5. The van der Waals surface area contributed by atoms with Crippen LogP contribution >= 0.6 is 0 Å². The van der Waals surface area contributed by atoms with Gasteiger partial charge in [0, 0.05) is 16.6 Å². The topological polar surface area (TPSA) is 40.5 Å². The number of unbranched alkanes of at least 4 members (excludes halogenated alkanes) is 7. The summed E-state index contributed by atoms with van der Waals surface area (Å²) in [6.45, 7) is 9.89. The van der Waals surface area contributed by atoms with Gasteiger partial charge >= 0.3 is 0 Å². The van der Waals surface area contributed by atoms with Gasteiger partial charge in [-0.1, -0.05) is 90.8 Å². The van der Waals surface area contributed by atoms with Crippen LogP contribution in [0, 0.1) is 0 Å². The molecule has 0 unspecified atom stereocenters. The Morgan fingerprint density at radius 2 is 1.40 bits per heavy atom. The molecule has 1 heterocycles. The monoisotopic (exact) mass is 477 g/mol. The van der Waals surface area contributed by atoms with Crippen LogP contribution < -0.4 is 9.47 Å². The van der Waals surface area contributed by atoms with Gasteiger partial charge < -0.3 is 14.0 Å². The third kappa shape index (κ3) is 8.45. The minimum absolute atomic E-state index is 0.0480. The molecule has 190 valence electrons. The van der Waals surface area contributed by atoms with Crippen LogP contribution in [0.5, 0.6) is 11.5 Å². The predicted octanol–water partition coefficient (Wildman–Crippen LogP) is 8.11. The molecule has 0 amide bonds. The van der Waals surface area contributed by atoms with Crippen LogP contribution in [0.1, 0.15) is 84.8 Å². The summed E-state index contributed by atoms with van der Waals surface area (Å²) < 4.78 is 13.8. The zero-order valence-corrected chi connectivity index (χ0v) is 22.1. The maximum atomic E-state index is 12.8. The SMILES string of the molecule is CCCCCCCCCCOc1ccc(OCC(=O)Cn2c(C(C)(C)C)cc3ccccc32)cc1. The summed E-state index contributed by atoms with van der Waals surface area (Å²) in [5.74, 6) is 1.58. The lowest BCUT2D eigenvalue weighted by Gasteiger charge is -2.22. The Labute approximate surface area is 211 Å². The molecular weight excluding hydrogens is 434 g/mol. The summed E-state index contributed by atoms with van der Waals surface area (Å²) in [7, 11) is 0. The van der Waals surface area contributed by atoms with Gasteiger partial charge in [-0.2, -0.15) is 0 Å². The quantitative estimate of drug-likeness (QED) is 0.208. The fourth-order valence-corrected chi connectivity index (χ4v) is 4.45. The fraction of sp³-hybridized carbons (Fsp3) is 0.516. The average Bonchev–Trinajstić information content (AvgIpc) is 3.21. The Bertz CT molecular complexity index is 1040. The highest BCUT2D eigenvalue weighted by Crippen LogP contribution is 2.29.